The number of alkyl halides is 3. The number of urea groups is 1. The average molecular weight is 455 g/mol. The third-order valence-electron chi connectivity index (χ3n) is 5.48. The van der Waals surface area contributed by atoms with Gasteiger partial charge in [0.25, 0.3) is 0 Å². The van der Waals surface area contributed by atoms with Crippen molar-refractivity contribution in [3.8, 4) is 0 Å². The molecule has 1 aromatic heterocycles. The molecule has 2 saturated heterocycles. The molecule has 0 aliphatic carbocycles. The van der Waals surface area contributed by atoms with Gasteiger partial charge in [-0.15, -0.1) is 10.2 Å². The largest absolute Gasteiger partial charge is 0.417 e. The smallest absolute Gasteiger partial charge is 0.355 e. The average Bonchev–Trinajstić information content (AvgIpc) is 3.29. The summed E-state index contributed by atoms with van der Waals surface area (Å²) in [6, 6.07) is 6.76. The van der Waals surface area contributed by atoms with Crippen molar-refractivity contribution >= 4 is 35.0 Å². The van der Waals surface area contributed by atoms with Crippen LogP contribution in [0.5, 0.6) is 0 Å². The van der Waals surface area contributed by atoms with Crippen LogP contribution in [-0.2, 0) is 6.18 Å². The monoisotopic (exact) mass is 454 g/mol. The summed E-state index contributed by atoms with van der Waals surface area (Å²) in [4.78, 5) is 18.3. The fourth-order valence-electron chi connectivity index (χ4n) is 3.76. The van der Waals surface area contributed by atoms with Crippen LogP contribution in [0.4, 0.5) is 35.3 Å². The number of piperazine rings is 1. The van der Waals surface area contributed by atoms with E-state index in [4.69, 9.17) is 11.6 Å². The van der Waals surface area contributed by atoms with Gasteiger partial charge in [0, 0.05) is 45.0 Å². The first-order valence-electron chi connectivity index (χ1n) is 10.1. The van der Waals surface area contributed by atoms with Crippen molar-refractivity contribution in [2.75, 3.05) is 54.4 Å². The number of rotatable bonds is 3. The number of anilines is 3. The summed E-state index contributed by atoms with van der Waals surface area (Å²) in [5.74, 6) is 1.62. The van der Waals surface area contributed by atoms with Crippen LogP contribution < -0.4 is 15.1 Å². The summed E-state index contributed by atoms with van der Waals surface area (Å²) in [6.07, 6.45) is -2.25. The lowest BCUT2D eigenvalue weighted by molar-refractivity contribution is -0.137. The van der Waals surface area contributed by atoms with Crippen molar-refractivity contribution in [2.24, 2.45) is 0 Å². The Hall–Kier alpha value is -2.75. The van der Waals surface area contributed by atoms with Crippen molar-refractivity contribution < 1.29 is 18.0 Å². The van der Waals surface area contributed by atoms with Crippen LogP contribution >= 0.6 is 11.6 Å². The summed E-state index contributed by atoms with van der Waals surface area (Å²) < 4.78 is 39.0. The molecule has 0 atom stereocenters. The Morgan fingerprint density at radius 1 is 0.903 bits per heavy atom. The minimum absolute atomic E-state index is 0.0486. The molecule has 2 fully saturated rings. The Balaban J connectivity index is 1.33. The van der Waals surface area contributed by atoms with Crippen molar-refractivity contribution in [1.29, 1.82) is 0 Å². The van der Waals surface area contributed by atoms with E-state index in [0.29, 0.717) is 26.2 Å². The number of carbonyl (C=O) groups excluding carboxylic acids is 1. The molecule has 0 unspecified atom stereocenters. The number of aromatic nitrogens is 2. The number of hydrogen-bond acceptors (Lipinski definition) is 5. The van der Waals surface area contributed by atoms with Crippen molar-refractivity contribution in [3.05, 3.63) is 40.9 Å². The topological polar surface area (TPSA) is 64.6 Å². The van der Waals surface area contributed by atoms with E-state index in [1.54, 1.807) is 4.90 Å². The van der Waals surface area contributed by atoms with Crippen LogP contribution in [0.25, 0.3) is 0 Å². The molecule has 31 heavy (non-hydrogen) atoms. The normalized spacial score (nSPS) is 17.2. The molecule has 0 saturated carbocycles. The van der Waals surface area contributed by atoms with Gasteiger partial charge in [0.15, 0.2) is 11.6 Å². The lowest BCUT2D eigenvalue weighted by atomic mass is 10.2. The molecule has 4 rings (SSSR count). The maximum absolute atomic E-state index is 13.0. The molecule has 2 aromatic rings. The Morgan fingerprint density at radius 3 is 2.03 bits per heavy atom. The van der Waals surface area contributed by atoms with Crippen LogP contribution in [0.15, 0.2) is 30.3 Å². The molecule has 0 spiro atoms. The summed E-state index contributed by atoms with van der Waals surface area (Å²) >= 11 is 5.62. The van der Waals surface area contributed by atoms with Gasteiger partial charge in [-0.25, -0.2) is 4.79 Å². The molecule has 2 aliphatic rings. The zero-order valence-electron chi connectivity index (χ0n) is 16.7. The molecule has 1 N–H and O–H groups in total. The van der Waals surface area contributed by atoms with Crippen LogP contribution in [0.2, 0.25) is 5.02 Å². The number of halogens is 4. The Kier molecular flexibility index (Phi) is 6.08. The lowest BCUT2D eigenvalue weighted by Crippen LogP contribution is -2.50. The highest BCUT2D eigenvalue weighted by Gasteiger charge is 2.33. The molecular weight excluding hydrogens is 433 g/mol. The maximum Gasteiger partial charge on any atom is 0.417 e. The van der Waals surface area contributed by atoms with E-state index in [2.05, 4.69) is 20.4 Å². The minimum atomic E-state index is -4.59. The summed E-state index contributed by atoms with van der Waals surface area (Å²) in [5, 5.41) is 10.8. The van der Waals surface area contributed by atoms with Gasteiger partial charge in [-0.2, -0.15) is 13.2 Å². The fraction of sp³-hybridized carbons (Fsp3) is 0.450. The summed E-state index contributed by atoms with van der Waals surface area (Å²) in [5.41, 5.74) is -0.930. The van der Waals surface area contributed by atoms with Gasteiger partial charge in [-0.1, -0.05) is 11.6 Å². The molecule has 0 radical (unpaired) electrons. The van der Waals surface area contributed by atoms with Crippen LogP contribution in [-0.4, -0.2) is 60.4 Å². The quantitative estimate of drug-likeness (QED) is 0.756. The summed E-state index contributed by atoms with van der Waals surface area (Å²) in [7, 11) is 0. The highest BCUT2D eigenvalue weighted by atomic mass is 35.5. The first kappa shape index (κ1) is 21.5. The molecule has 1 aromatic carbocycles. The fourth-order valence-corrected chi connectivity index (χ4v) is 3.99. The molecule has 11 heteroatoms. The molecular formula is C20H22ClF3N6O. The second kappa shape index (κ2) is 8.78. The van der Waals surface area contributed by atoms with E-state index < -0.39 is 22.8 Å². The number of carbonyl (C=O) groups is 1. The standard InChI is InChI=1S/C20H22ClF3N6O/c21-16-4-3-14(13-15(16)20(22,23)24)25-19(31)30-11-9-29(10-12-30)18-6-5-17(26-27-18)28-7-1-2-8-28/h3-6,13H,1-2,7-12H2,(H,25,31). The van der Waals surface area contributed by atoms with Crippen molar-refractivity contribution in [2.45, 2.75) is 19.0 Å². The van der Waals surface area contributed by atoms with E-state index in [0.717, 1.165) is 36.9 Å². The van der Waals surface area contributed by atoms with Crippen LogP contribution in [0.3, 0.4) is 0 Å². The molecule has 166 valence electrons. The molecule has 3 heterocycles. The molecule has 7 nitrogen and oxygen atoms in total. The minimum Gasteiger partial charge on any atom is -0.355 e. The predicted molar refractivity (Wildman–Crippen MR) is 113 cm³/mol. The number of hydrogen-bond donors (Lipinski definition) is 1. The zero-order chi connectivity index (χ0) is 22.0. The Morgan fingerprint density at radius 2 is 1.48 bits per heavy atom. The second-order valence-corrected chi connectivity index (χ2v) is 7.95. The third-order valence-corrected chi connectivity index (χ3v) is 5.81. The van der Waals surface area contributed by atoms with Gasteiger partial charge in [-0.3, -0.25) is 0 Å². The third kappa shape index (κ3) is 4.95. The van der Waals surface area contributed by atoms with Gasteiger partial charge in [0.05, 0.1) is 10.6 Å². The van der Waals surface area contributed by atoms with E-state index >= 15 is 0 Å². The van der Waals surface area contributed by atoms with Crippen molar-refractivity contribution in [3.63, 3.8) is 0 Å². The molecule has 2 amide bonds. The Bertz CT molecular complexity index is 926. The van der Waals surface area contributed by atoms with Crippen LogP contribution in [0, 0.1) is 0 Å². The number of nitrogens with zero attached hydrogens (tertiary/aromatic N) is 5. The van der Waals surface area contributed by atoms with E-state index in [1.165, 1.54) is 18.9 Å². The first-order valence-corrected chi connectivity index (χ1v) is 10.5. The highest BCUT2D eigenvalue weighted by Crippen LogP contribution is 2.36. The van der Waals surface area contributed by atoms with E-state index in [1.807, 2.05) is 17.0 Å². The van der Waals surface area contributed by atoms with E-state index in [9.17, 15) is 18.0 Å². The van der Waals surface area contributed by atoms with Gasteiger partial charge in [-0.05, 0) is 43.2 Å². The van der Waals surface area contributed by atoms with Gasteiger partial charge in [0.1, 0.15) is 0 Å². The van der Waals surface area contributed by atoms with Gasteiger partial charge < -0.3 is 20.0 Å². The van der Waals surface area contributed by atoms with Crippen molar-refractivity contribution in [1.82, 2.24) is 15.1 Å². The molecule has 2 aliphatic heterocycles. The zero-order valence-corrected chi connectivity index (χ0v) is 17.5. The van der Waals surface area contributed by atoms with Gasteiger partial charge in [0.2, 0.25) is 0 Å². The summed E-state index contributed by atoms with van der Waals surface area (Å²) in [6.45, 7) is 3.95. The molecule has 0 bridgehead atoms. The highest BCUT2D eigenvalue weighted by molar-refractivity contribution is 6.31. The lowest BCUT2D eigenvalue weighted by Gasteiger charge is -2.35. The SMILES string of the molecule is O=C(Nc1ccc(Cl)c(C(F)(F)F)c1)N1CCN(c2ccc(N3CCCC3)nn2)CC1. The first-order chi connectivity index (χ1) is 14.8. The Labute approximate surface area is 182 Å². The second-order valence-electron chi connectivity index (χ2n) is 7.54. The predicted octanol–water partition coefficient (Wildman–Crippen LogP) is 4.10. The van der Waals surface area contributed by atoms with E-state index in [-0.39, 0.29) is 5.69 Å². The number of amides is 2. The maximum atomic E-state index is 13.0. The number of benzene rings is 1. The van der Waals surface area contributed by atoms with Gasteiger partial charge >= 0.3 is 12.2 Å². The number of nitrogens with one attached hydrogen (secondary N) is 1. The van der Waals surface area contributed by atoms with Crippen LogP contribution in [0.1, 0.15) is 18.4 Å².